The first-order chi connectivity index (χ1) is 6.72. The Balaban J connectivity index is 2.67. The molecule has 0 N–H and O–H groups in total. The molecule has 0 aliphatic rings. The molecule has 0 unspecified atom stereocenters. The van der Waals surface area contributed by atoms with Crippen molar-refractivity contribution in [3.05, 3.63) is 30.1 Å². The second-order valence-electron chi connectivity index (χ2n) is 3.02. The van der Waals surface area contributed by atoms with Gasteiger partial charge in [0.15, 0.2) is 0 Å². The minimum absolute atomic E-state index is 0.418. The Kier molecular flexibility index (Phi) is 1.96. The maximum Gasteiger partial charge on any atom is 0.419 e. The van der Waals surface area contributed by atoms with Crippen molar-refractivity contribution in [3.8, 4) is 0 Å². The predicted octanol–water partition coefficient (Wildman–Crippen LogP) is 1.96. The van der Waals surface area contributed by atoms with Crippen molar-refractivity contribution in [2.45, 2.75) is 6.92 Å². The lowest BCUT2D eigenvalue weighted by atomic mass is 10.3. The topological polar surface area (TPSA) is 44.1 Å². The lowest BCUT2D eigenvalue weighted by Crippen LogP contribution is -2.10. The van der Waals surface area contributed by atoms with Gasteiger partial charge < -0.3 is 4.74 Å². The summed E-state index contributed by atoms with van der Waals surface area (Å²) in [5.74, 6) is 0. The number of carbonyl (C=O) groups is 1. The summed E-state index contributed by atoms with van der Waals surface area (Å²) in [5, 5.41) is 0.931. The average Bonchev–Trinajstić information content (AvgIpc) is 2.59. The van der Waals surface area contributed by atoms with Crippen molar-refractivity contribution in [1.29, 1.82) is 0 Å². The van der Waals surface area contributed by atoms with Crippen molar-refractivity contribution < 1.29 is 9.53 Å². The van der Waals surface area contributed by atoms with E-state index in [-0.39, 0.29) is 0 Å². The van der Waals surface area contributed by atoms with Gasteiger partial charge in [0, 0.05) is 17.3 Å². The molecule has 0 atom stereocenters. The standard InChI is InChI=1S/C10H10N2O2/c1-7-3-4-8-5-6-12(9(8)11-7)10(13)14-2/h3-6H,1-2H3. The molecule has 0 saturated heterocycles. The molecule has 4 heteroatoms. The summed E-state index contributed by atoms with van der Waals surface area (Å²) < 4.78 is 6.02. The van der Waals surface area contributed by atoms with Gasteiger partial charge in [-0.2, -0.15) is 0 Å². The molecule has 0 aromatic carbocycles. The van der Waals surface area contributed by atoms with Crippen LogP contribution in [-0.4, -0.2) is 22.8 Å². The zero-order valence-electron chi connectivity index (χ0n) is 8.02. The monoisotopic (exact) mass is 190 g/mol. The van der Waals surface area contributed by atoms with E-state index in [9.17, 15) is 4.79 Å². The lowest BCUT2D eigenvalue weighted by Gasteiger charge is -2.01. The van der Waals surface area contributed by atoms with Crippen LogP contribution in [0.4, 0.5) is 4.79 Å². The third-order valence-corrected chi connectivity index (χ3v) is 2.05. The summed E-state index contributed by atoms with van der Waals surface area (Å²) in [6.07, 6.45) is 1.24. The molecule has 4 nitrogen and oxygen atoms in total. The minimum atomic E-state index is -0.418. The fourth-order valence-electron chi connectivity index (χ4n) is 1.35. The Labute approximate surface area is 81.1 Å². The predicted molar refractivity (Wildman–Crippen MR) is 52.3 cm³/mol. The number of carbonyl (C=O) groups excluding carboxylic acids is 1. The number of hydrogen-bond acceptors (Lipinski definition) is 3. The molecule has 0 amide bonds. The average molecular weight is 190 g/mol. The van der Waals surface area contributed by atoms with E-state index in [4.69, 9.17) is 0 Å². The van der Waals surface area contributed by atoms with E-state index >= 15 is 0 Å². The number of fused-ring (bicyclic) bond motifs is 1. The molecule has 2 aromatic heterocycles. The summed E-state index contributed by atoms with van der Waals surface area (Å²) in [4.78, 5) is 15.6. The van der Waals surface area contributed by atoms with E-state index in [1.807, 2.05) is 25.1 Å². The van der Waals surface area contributed by atoms with Gasteiger partial charge in [0.1, 0.15) is 5.65 Å². The molecule has 0 saturated carbocycles. The normalized spacial score (nSPS) is 10.4. The van der Waals surface area contributed by atoms with Crippen LogP contribution in [0.5, 0.6) is 0 Å². The fourth-order valence-corrected chi connectivity index (χ4v) is 1.35. The van der Waals surface area contributed by atoms with Gasteiger partial charge >= 0.3 is 6.09 Å². The molecular weight excluding hydrogens is 180 g/mol. The molecule has 0 radical (unpaired) electrons. The smallest absolute Gasteiger partial charge is 0.419 e. The quantitative estimate of drug-likeness (QED) is 0.637. The van der Waals surface area contributed by atoms with Crippen LogP contribution < -0.4 is 0 Å². The number of aryl methyl sites for hydroxylation is 1. The number of pyridine rings is 1. The number of nitrogens with zero attached hydrogens (tertiary/aromatic N) is 2. The first-order valence-corrected chi connectivity index (χ1v) is 4.25. The Bertz CT molecular complexity index is 488. The Hall–Kier alpha value is -1.84. The van der Waals surface area contributed by atoms with Crippen LogP contribution in [0.15, 0.2) is 24.4 Å². The van der Waals surface area contributed by atoms with Crippen LogP contribution in [0.1, 0.15) is 5.69 Å². The number of ether oxygens (including phenoxy) is 1. The molecule has 2 heterocycles. The molecule has 0 bridgehead atoms. The van der Waals surface area contributed by atoms with Gasteiger partial charge in [0.05, 0.1) is 7.11 Å². The summed E-state index contributed by atoms with van der Waals surface area (Å²) in [5.41, 5.74) is 1.51. The van der Waals surface area contributed by atoms with Crippen LogP contribution in [0.3, 0.4) is 0 Å². The molecule has 0 aliphatic heterocycles. The Morgan fingerprint density at radius 3 is 2.93 bits per heavy atom. The number of hydrogen-bond donors (Lipinski definition) is 0. The summed E-state index contributed by atoms with van der Waals surface area (Å²) in [7, 11) is 1.35. The molecule has 0 spiro atoms. The Morgan fingerprint density at radius 1 is 1.43 bits per heavy atom. The van der Waals surface area contributed by atoms with E-state index in [2.05, 4.69) is 9.72 Å². The van der Waals surface area contributed by atoms with Gasteiger partial charge in [-0.05, 0) is 25.1 Å². The van der Waals surface area contributed by atoms with Crippen molar-refractivity contribution in [2.24, 2.45) is 0 Å². The van der Waals surface area contributed by atoms with Crippen molar-refractivity contribution in [1.82, 2.24) is 9.55 Å². The highest BCUT2D eigenvalue weighted by molar-refractivity contribution is 5.86. The first-order valence-electron chi connectivity index (χ1n) is 4.25. The highest BCUT2D eigenvalue weighted by atomic mass is 16.5. The highest BCUT2D eigenvalue weighted by Gasteiger charge is 2.09. The van der Waals surface area contributed by atoms with Gasteiger partial charge in [-0.1, -0.05) is 0 Å². The maximum atomic E-state index is 11.3. The van der Waals surface area contributed by atoms with Crippen LogP contribution in [0, 0.1) is 6.92 Å². The SMILES string of the molecule is COC(=O)n1ccc2ccc(C)nc21. The van der Waals surface area contributed by atoms with E-state index in [1.165, 1.54) is 11.7 Å². The van der Waals surface area contributed by atoms with Gasteiger partial charge in [-0.15, -0.1) is 0 Å². The van der Waals surface area contributed by atoms with Crippen molar-refractivity contribution in [2.75, 3.05) is 7.11 Å². The van der Waals surface area contributed by atoms with Gasteiger partial charge in [0.2, 0.25) is 0 Å². The second-order valence-corrected chi connectivity index (χ2v) is 3.02. The van der Waals surface area contributed by atoms with E-state index in [1.54, 1.807) is 6.20 Å². The zero-order valence-corrected chi connectivity index (χ0v) is 8.02. The largest absolute Gasteiger partial charge is 0.452 e. The second kappa shape index (κ2) is 3.14. The van der Waals surface area contributed by atoms with Gasteiger partial charge in [-0.25, -0.2) is 14.3 Å². The third-order valence-electron chi connectivity index (χ3n) is 2.05. The Morgan fingerprint density at radius 2 is 2.21 bits per heavy atom. The minimum Gasteiger partial charge on any atom is -0.452 e. The molecule has 2 rings (SSSR count). The van der Waals surface area contributed by atoms with E-state index in [0.29, 0.717) is 5.65 Å². The molecule has 0 aliphatic carbocycles. The van der Waals surface area contributed by atoms with Crippen LogP contribution in [0.25, 0.3) is 11.0 Å². The van der Waals surface area contributed by atoms with Gasteiger partial charge in [-0.3, -0.25) is 0 Å². The number of aromatic nitrogens is 2. The lowest BCUT2D eigenvalue weighted by molar-refractivity contribution is 0.174. The van der Waals surface area contributed by atoms with Gasteiger partial charge in [0.25, 0.3) is 0 Å². The molecule has 14 heavy (non-hydrogen) atoms. The maximum absolute atomic E-state index is 11.3. The van der Waals surface area contributed by atoms with E-state index < -0.39 is 6.09 Å². The molecule has 0 fully saturated rings. The number of methoxy groups -OCH3 is 1. The van der Waals surface area contributed by atoms with Crippen LogP contribution in [0.2, 0.25) is 0 Å². The third kappa shape index (κ3) is 1.25. The van der Waals surface area contributed by atoms with Crippen molar-refractivity contribution in [3.63, 3.8) is 0 Å². The number of rotatable bonds is 0. The molecule has 72 valence electrons. The van der Waals surface area contributed by atoms with Crippen molar-refractivity contribution >= 4 is 17.1 Å². The van der Waals surface area contributed by atoms with Crippen LogP contribution in [-0.2, 0) is 4.74 Å². The highest BCUT2D eigenvalue weighted by Crippen LogP contribution is 2.13. The summed E-state index contributed by atoms with van der Waals surface area (Å²) in [6, 6.07) is 5.67. The molecule has 2 aromatic rings. The summed E-state index contributed by atoms with van der Waals surface area (Å²) in [6.45, 7) is 1.88. The van der Waals surface area contributed by atoms with E-state index in [0.717, 1.165) is 11.1 Å². The zero-order chi connectivity index (χ0) is 10.1. The van der Waals surface area contributed by atoms with Crippen LogP contribution >= 0.6 is 0 Å². The summed E-state index contributed by atoms with van der Waals surface area (Å²) >= 11 is 0. The molecular formula is C10H10N2O2. The fraction of sp³-hybridized carbons (Fsp3) is 0.200. The first kappa shape index (κ1) is 8.74.